The van der Waals surface area contributed by atoms with Gasteiger partial charge in [0.05, 0.1) is 13.3 Å². The summed E-state index contributed by atoms with van der Waals surface area (Å²) in [7, 11) is 1.66. The molecule has 4 rings (SSSR count). The molecule has 0 spiro atoms. The Bertz CT molecular complexity index is 790. The monoisotopic (exact) mass is 323 g/mol. The Hall–Kier alpha value is -2.60. The van der Waals surface area contributed by atoms with E-state index in [1.807, 2.05) is 0 Å². The van der Waals surface area contributed by atoms with Gasteiger partial charge in [-0.25, -0.2) is 9.97 Å². The van der Waals surface area contributed by atoms with E-state index in [2.05, 4.69) is 55.1 Å². The standard InChI is InChI=1S/C18H21N5O/c1-24-17-11-19-13-20-18(17)23-8-6-22(7-9-23)12-15-10-14-4-2-3-5-16(14)21-15/h2-5,10-11,13,21H,6-9,12H2,1H3. The molecule has 3 heterocycles. The van der Waals surface area contributed by atoms with Crippen molar-refractivity contribution in [2.75, 3.05) is 38.2 Å². The van der Waals surface area contributed by atoms with E-state index in [4.69, 9.17) is 4.74 Å². The number of para-hydroxylation sites is 1. The van der Waals surface area contributed by atoms with Crippen LogP contribution in [0.25, 0.3) is 10.9 Å². The SMILES string of the molecule is COc1cncnc1N1CCN(Cc2cc3ccccc3[nH]2)CC1. The molecule has 24 heavy (non-hydrogen) atoms. The van der Waals surface area contributed by atoms with Crippen LogP contribution < -0.4 is 9.64 Å². The number of benzene rings is 1. The van der Waals surface area contributed by atoms with Crippen molar-refractivity contribution in [3.8, 4) is 5.75 Å². The van der Waals surface area contributed by atoms with Crippen molar-refractivity contribution in [3.63, 3.8) is 0 Å². The number of fused-ring (bicyclic) bond motifs is 1. The van der Waals surface area contributed by atoms with Gasteiger partial charge in [-0.3, -0.25) is 4.90 Å². The van der Waals surface area contributed by atoms with E-state index in [-0.39, 0.29) is 0 Å². The summed E-state index contributed by atoms with van der Waals surface area (Å²) < 4.78 is 5.37. The summed E-state index contributed by atoms with van der Waals surface area (Å²) >= 11 is 0. The van der Waals surface area contributed by atoms with Gasteiger partial charge < -0.3 is 14.6 Å². The first-order valence-electron chi connectivity index (χ1n) is 8.21. The summed E-state index contributed by atoms with van der Waals surface area (Å²) in [6.07, 6.45) is 3.30. The van der Waals surface area contributed by atoms with Crippen LogP contribution in [0.1, 0.15) is 5.69 Å². The van der Waals surface area contributed by atoms with Crippen molar-refractivity contribution < 1.29 is 4.74 Å². The van der Waals surface area contributed by atoms with Gasteiger partial charge in [0.1, 0.15) is 6.33 Å². The summed E-state index contributed by atoms with van der Waals surface area (Å²) in [5.41, 5.74) is 2.47. The zero-order chi connectivity index (χ0) is 16.4. The van der Waals surface area contributed by atoms with Gasteiger partial charge in [-0.05, 0) is 17.5 Å². The molecule has 6 heteroatoms. The van der Waals surface area contributed by atoms with E-state index in [1.54, 1.807) is 19.6 Å². The van der Waals surface area contributed by atoms with Crippen LogP contribution in [-0.2, 0) is 6.54 Å². The molecule has 0 radical (unpaired) electrons. The second-order valence-corrected chi connectivity index (χ2v) is 6.06. The highest BCUT2D eigenvalue weighted by Crippen LogP contribution is 2.25. The number of H-pyrrole nitrogens is 1. The zero-order valence-corrected chi connectivity index (χ0v) is 13.8. The molecule has 0 saturated carbocycles. The van der Waals surface area contributed by atoms with Gasteiger partial charge >= 0.3 is 0 Å². The number of hydrogen-bond acceptors (Lipinski definition) is 5. The largest absolute Gasteiger partial charge is 0.491 e. The molecule has 1 saturated heterocycles. The van der Waals surface area contributed by atoms with E-state index in [0.717, 1.165) is 44.3 Å². The van der Waals surface area contributed by atoms with Gasteiger partial charge in [-0.2, -0.15) is 0 Å². The number of anilines is 1. The lowest BCUT2D eigenvalue weighted by Crippen LogP contribution is -2.46. The number of nitrogens with zero attached hydrogens (tertiary/aromatic N) is 4. The maximum atomic E-state index is 5.37. The molecular formula is C18H21N5O. The Morgan fingerprint density at radius 3 is 2.79 bits per heavy atom. The fourth-order valence-corrected chi connectivity index (χ4v) is 3.27. The lowest BCUT2D eigenvalue weighted by atomic mass is 10.2. The first kappa shape index (κ1) is 15.0. The fraction of sp³-hybridized carbons (Fsp3) is 0.333. The summed E-state index contributed by atoms with van der Waals surface area (Å²) in [5, 5.41) is 1.27. The molecule has 0 bridgehead atoms. The maximum absolute atomic E-state index is 5.37. The molecule has 124 valence electrons. The number of ether oxygens (including phenoxy) is 1. The summed E-state index contributed by atoms with van der Waals surface area (Å²) in [6, 6.07) is 10.7. The van der Waals surface area contributed by atoms with Crippen LogP contribution >= 0.6 is 0 Å². The number of aromatic amines is 1. The van der Waals surface area contributed by atoms with Crippen LogP contribution in [0.15, 0.2) is 42.9 Å². The van der Waals surface area contributed by atoms with Crippen LogP contribution in [-0.4, -0.2) is 53.1 Å². The summed E-state index contributed by atoms with van der Waals surface area (Å²) in [4.78, 5) is 16.6. The van der Waals surface area contributed by atoms with Gasteiger partial charge in [0, 0.05) is 43.9 Å². The quantitative estimate of drug-likeness (QED) is 0.798. The molecule has 3 aromatic rings. The van der Waals surface area contributed by atoms with Crippen molar-refractivity contribution in [1.29, 1.82) is 0 Å². The molecule has 1 aliphatic rings. The van der Waals surface area contributed by atoms with Crippen molar-refractivity contribution >= 4 is 16.7 Å². The Morgan fingerprint density at radius 2 is 2.00 bits per heavy atom. The van der Waals surface area contributed by atoms with Crippen molar-refractivity contribution in [2.45, 2.75) is 6.54 Å². The molecule has 1 aromatic carbocycles. The van der Waals surface area contributed by atoms with Gasteiger partial charge in [0.25, 0.3) is 0 Å². The first-order chi connectivity index (χ1) is 11.8. The van der Waals surface area contributed by atoms with Gasteiger partial charge in [0.2, 0.25) is 0 Å². The number of rotatable bonds is 4. The second-order valence-electron chi connectivity index (χ2n) is 6.06. The predicted molar refractivity (Wildman–Crippen MR) is 94.4 cm³/mol. The van der Waals surface area contributed by atoms with Crippen LogP contribution in [0, 0.1) is 0 Å². The van der Waals surface area contributed by atoms with E-state index in [1.165, 1.54) is 16.6 Å². The minimum Gasteiger partial charge on any atom is -0.491 e. The lowest BCUT2D eigenvalue weighted by molar-refractivity contribution is 0.246. The highest BCUT2D eigenvalue weighted by Gasteiger charge is 2.21. The van der Waals surface area contributed by atoms with Crippen molar-refractivity contribution in [2.24, 2.45) is 0 Å². The zero-order valence-electron chi connectivity index (χ0n) is 13.8. The predicted octanol–water partition coefficient (Wildman–Crippen LogP) is 2.29. The minimum absolute atomic E-state index is 0.738. The third-order valence-corrected chi connectivity index (χ3v) is 4.53. The van der Waals surface area contributed by atoms with Gasteiger partial charge in [-0.1, -0.05) is 18.2 Å². The van der Waals surface area contributed by atoms with Crippen LogP contribution in [0.2, 0.25) is 0 Å². The normalized spacial score (nSPS) is 15.8. The van der Waals surface area contributed by atoms with Gasteiger partial charge in [0.15, 0.2) is 11.6 Å². The fourth-order valence-electron chi connectivity index (χ4n) is 3.27. The minimum atomic E-state index is 0.738. The van der Waals surface area contributed by atoms with E-state index in [9.17, 15) is 0 Å². The number of aromatic nitrogens is 3. The molecule has 0 aliphatic carbocycles. The topological polar surface area (TPSA) is 57.3 Å². The molecule has 1 aliphatic heterocycles. The maximum Gasteiger partial charge on any atom is 0.179 e. The molecule has 1 N–H and O–H groups in total. The first-order valence-corrected chi connectivity index (χ1v) is 8.21. The second kappa shape index (κ2) is 6.49. The number of methoxy groups -OCH3 is 1. The third kappa shape index (κ3) is 2.92. The van der Waals surface area contributed by atoms with E-state index < -0.39 is 0 Å². The average molecular weight is 323 g/mol. The molecule has 6 nitrogen and oxygen atoms in total. The van der Waals surface area contributed by atoms with E-state index in [0.29, 0.717) is 0 Å². The Labute approximate surface area is 141 Å². The average Bonchev–Trinajstić information content (AvgIpc) is 3.04. The Kier molecular flexibility index (Phi) is 4.04. The van der Waals surface area contributed by atoms with Crippen molar-refractivity contribution in [3.05, 3.63) is 48.5 Å². The molecule has 2 aromatic heterocycles. The highest BCUT2D eigenvalue weighted by molar-refractivity contribution is 5.80. The van der Waals surface area contributed by atoms with Gasteiger partial charge in [-0.15, -0.1) is 0 Å². The van der Waals surface area contributed by atoms with Crippen LogP contribution in [0.5, 0.6) is 5.75 Å². The molecular weight excluding hydrogens is 302 g/mol. The summed E-state index contributed by atoms with van der Waals surface area (Å²) in [6.45, 7) is 4.83. The molecule has 0 atom stereocenters. The Balaban J connectivity index is 1.41. The van der Waals surface area contributed by atoms with Crippen LogP contribution in [0.4, 0.5) is 5.82 Å². The highest BCUT2D eigenvalue weighted by atomic mass is 16.5. The smallest absolute Gasteiger partial charge is 0.179 e. The number of hydrogen-bond donors (Lipinski definition) is 1. The lowest BCUT2D eigenvalue weighted by Gasteiger charge is -2.35. The summed E-state index contributed by atoms with van der Waals surface area (Å²) in [5.74, 6) is 1.62. The van der Waals surface area contributed by atoms with Crippen LogP contribution in [0.3, 0.4) is 0 Å². The van der Waals surface area contributed by atoms with E-state index >= 15 is 0 Å². The third-order valence-electron chi connectivity index (χ3n) is 4.53. The Morgan fingerprint density at radius 1 is 1.17 bits per heavy atom. The number of piperazine rings is 1. The molecule has 0 unspecified atom stereocenters. The number of nitrogens with one attached hydrogen (secondary N) is 1. The van der Waals surface area contributed by atoms with Crippen molar-refractivity contribution in [1.82, 2.24) is 19.9 Å². The molecule has 0 amide bonds. The molecule has 1 fully saturated rings.